The highest BCUT2D eigenvalue weighted by atomic mass is 79.9. The Labute approximate surface area is 102 Å². The molecule has 2 nitrogen and oxygen atoms in total. The van der Waals surface area contributed by atoms with Crippen LogP contribution in [0.3, 0.4) is 0 Å². The number of hydrogen-bond donors (Lipinski definition) is 0. The van der Waals surface area contributed by atoms with Crippen molar-refractivity contribution < 1.29 is 4.79 Å². The molecule has 0 aliphatic heterocycles. The second-order valence-corrected chi connectivity index (χ2v) is 7.14. The van der Waals surface area contributed by atoms with Crippen LogP contribution >= 0.6 is 15.9 Å². The third kappa shape index (κ3) is 4.13. The van der Waals surface area contributed by atoms with Gasteiger partial charge in [-0.05, 0) is 32.6 Å². The van der Waals surface area contributed by atoms with E-state index in [9.17, 15) is 4.79 Å². The van der Waals surface area contributed by atoms with Crippen LogP contribution in [0.5, 0.6) is 0 Å². The highest BCUT2D eigenvalue weighted by Gasteiger charge is 2.28. The van der Waals surface area contributed by atoms with Gasteiger partial charge in [0.05, 0.1) is 4.32 Å². The van der Waals surface area contributed by atoms with Crippen LogP contribution in [-0.2, 0) is 4.79 Å². The van der Waals surface area contributed by atoms with Crippen molar-refractivity contribution in [1.29, 1.82) is 0 Å². The van der Waals surface area contributed by atoms with Gasteiger partial charge in [-0.3, -0.25) is 4.79 Å². The van der Waals surface area contributed by atoms with Crippen molar-refractivity contribution in [2.24, 2.45) is 5.92 Å². The zero-order chi connectivity index (χ0) is 11.5. The first-order valence-corrected chi connectivity index (χ1v) is 6.65. The van der Waals surface area contributed by atoms with Gasteiger partial charge in [-0.15, -0.1) is 0 Å². The average molecular weight is 276 g/mol. The molecule has 0 atom stereocenters. The lowest BCUT2D eigenvalue weighted by atomic mass is 9.89. The molecule has 88 valence electrons. The summed E-state index contributed by atoms with van der Waals surface area (Å²) in [6.45, 7) is 4.74. The van der Waals surface area contributed by atoms with Crippen molar-refractivity contribution in [2.45, 2.75) is 50.3 Å². The fraction of sp³-hybridized carbons (Fsp3) is 0.917. The largest absolute Gasteiger partial charge is 0.344 e. The van der Waals surface area contributed by atoms with E-state index in [1.165, 1.54) is 32.1 Å². The number of amides is 1. The second kappa shape index (κ2) is 5.33. The summed E-state index contributed by atoms with van der Waals surface area (Å²) in [6, 6.07) is 0. The first-order chi connectivity index (χ1) is 6.91. The maximum absolute atomic E-state index is 11.9. The predicted molar refractivity (Wildman–Crippen MR) is 67.2 cm³/mol. The number of rotatable bonds is 3. The zero-order valence-corrected chi connectivity index (χ0v) is 11.6. The minimum atomic E-state index is -0.420. The summed E-state index contributed by atoms with van der Waals surface area (Å²) in [4.78, 5) is 13.8. The summed E-state index contributed by atoms with van der Waals surface area (Å²) in [5, 5.41) is 0. The molecule has 0 unspecified atom stereocenters. The van der Waals surface area contributed by atoms with Gasteiger partial charge in [-0.2, -0.15) is 0 Å². The van der Waals surface area contributed by atoms with Crippen LogP contribution in [0.15, 0.2) is 0 Å². The standard InChI is InChI=1S/C12H22BrNO/c1-12(2,13)11(15)14(3)9-10-7-5-4-6-8-10/h10H,4-9H2,1-3H3. The molecule has 0 bridgehead atoms. The lowest BCUT2D eigenvalue weighted by molar-refractivity contribution is -0.132. The van der Waals surface area contributed by atoms with Gasteiger partial charge >= 0.3 is 0 Å². The summed E-state index contributed by atoms with van der Waals surface area (Å²) in [5.74, 6) is 0.913. The Morgan fingerprint density at radius 3 is 2.33 bits per heavy atom. The molecular weight excluding hydrogens is 254 g/mol. The Morgan fingerprint density at radius 2 is 1.87 bits per heavy atom. The lowest BCUT2D eigenvalue weighted by Crippen LogP contribution is -2.41. The third-order valence-corrected chi connectivity index (χ3v) is 3.45. The molecule has 1 aliphatic rings. The Balaban J connectivity index is 2.40. The first-order valence-electron chi connectivity index (χ1n) is 5.85. The van der Waals surface area contributed by atoms with Crippen LogP contribution in [0.2, 0.25) is 0 Å². The predicted octanol–water partition coefficient (Wildman–Crippen LogP) is 3.20. The minimum Gasteiger partial charge on any atom is -0.344 e. The van der Waals surface area contributed by atoms with Crippen LogP contribution in [0.1, 0.15) is 46.0 Å². The minimum absolute atomic E-state index is 0.188. The highest BCUT2D eigenvalue weighted by Crippen LogP contribution is 2.25. The molecule has 1 saturated carbocycles. The van der Waals surface area contributed by atoms with Crippen LogP contribution < -0.4 is 0 Å². The summed E-state index contributed by atoms with van der Waals surface area (Å²) >= 11 is 3.42. The van der Waals surface area contributed by atoms with Gasteiger partial charge in [0, 0.05) is 13.6 Å². The maximum atomic E-state index is 11.9. The van der Waals surface area contributed by atoms with Gasteiger partial charge in [-0.25, -0.2) is 0 Å². The third-order valence-electron chi connectivity index (χ3n) is 3.11. The van der Waals surface area contributed by atoms with E-state index in [4.69, 9.17) is 0 Å². The van der Waals surface area contributed by atoms with E-state index < -0.39 is 4.32 Å². The molecular formula is C12H22BrNO. The molecule has 0 saturated heterocycles. The van der Waals surface area contributed by atoms with E-state index in [2.05, 4.69) is 15.9 Å². The summed E-state index contributed by atoms with van der Waals surface area (Å²) in [7, 11) is 1.92. The Bertz CT molecular complexity index is 216. The van der Waals surface area contributed by atoms with Crippen LogP contribution in [0.4, 0.5) is 0 Å². The monoisotopic (exact) mass is 275 g/mol. The normalized spacial score (nSPS) is 18.9. The van der Waals surface area contributed by atoms with Gasteiger partial charge in [0.2, 0.25) is 5.91 Å². The van der Waals surface area contributed by atoms with Crippen LogP contribution in [0, 0.1) is 5.92 Å². The van der Waals surface area contributed by atoms with E-state index in [1.54, 1.807) is 0 Å². The van der Waals surface area contributed by atoms with Crippen molar-refractivity contribution in [1.82, 2.24) is 4.90 Å². The maximum Gasteiger partial charge on any atom is 0.238 e. The van der Waals surface area contributed by atoms with Gasteiger partial charge in [-0.1, -0.05) is 35.2 Å². The molecule has 1 fully saturated rings. The quantitative estimate of drug-likeness (QED) is 0.725. The summed E-state index contributed by atoms with van der Waals surface area (Å²) < 4.78 is -0.420. The van der Waals surface area contributed by atoms with Crippen molar-refractivity contribution in [2.75, 3.05) is 13.6 Å². The van der Waals surface area contributed by atoms with Crippen LogP contribution in [0.25, 0.3) is 0 Å². The van der Waals surface area contributed by atoms with Crippen molar-refractivity contribution in [3.63, 3.8) is 0 Å². The molecule has 0 heterocycles. The molecule has 0 N–H and O–H groups in total. The van der Waals surface area contributed by atoms with Crippen molar-refractivity contribution in [3.05, 3.63) is 0 Å². The van der Waals surface area contributed by atoms with Gasteiger partial charge < -0.3 is 4.90 Å². The molecule has 15 heavy (non-hydrogen) atoms. The Hall–Kier alpha value is -0.0500. The smallest absolute Gasteiger partial charge is 0.238 e. The Morgan fingerprint density at radius 1 is 1.33 bits per heavy atom. The zero-order valence-electron chi connectivity index (χ0n) is 10.1. The first kappa shape index (κ1) is 13.0. The number of nitrogens with zero attached hydrogens (tertiary/aromatic N) is 1. The van der Waals surface area contributed by atoms with E-state index in [0.29, 0.717) is 0 Å². The van der Waals surface area contributed by atoms with Gasteiger partial charge in [0.1, 0.15) is 0 Å². The van der Waals surface area contributed by atoms with E-state index >= 15 is 0 Å². The lowest BCUT2D eigenvalue weighted by Gasteiger charge is -2.30. The number of alkyl halides is 1. The topological polar surface area (TPSA) is 20.3 Å². The molecule has 1 rings (SSSR count). The fourth-order valence-electron chi connectivity index (χ4n) is 2.29. The SMILES string of the molecule is CN(CC1CCCCC1)C(=O)C(C)(C)Br. The molecule has 0 spiro atoms. The average Bonchev–Trinajstić information content (AvgIpc) is 2.16. The summed E-state index contributed by atoms with van der Waals surface area (Å²) in [5.41, 5.74) is 0. The van der Waals surface area contributed by atoms with E-state index in [0.717, 1.165) is 12.5 Å². The number of carbonyl (C=O) groups excluding carboxylic acids is 1. The van der Waals surface area contributed by atoms with E-state index in [-0.39, 0.29) is 5.91 Å². The molecule has 3 heteroatoms. The highest BCUT2D eigenvalue weighted by molar-refractivity contribution is 9.10. The van der Waals surface area contributed by atoms with E-state index in [1.807, 2.05) is 25.8 Å². The van der Waals surface area contributed by atoms with Crippen molar-refractivity contribution >= 4 is 21.8 Å². The molecule has 1 aliphatic carbocycles. The van der Waals surface area contributed by atoms with Gasteiger partial charge in [0.15, 0.2) is 0 Å². The fourth-order valence-corrected chi connectivity index (χ4v) is 2.60. The second-order valence-electron chi connectivity index (χ2n) is 5.16. The number of halogens is 1. The number of hydrogen-bond acceptors (Lipinski definition) is 1. The van der Waals surface area contributed by atoms with Crippen LogP contribution in [-0.4, -0.2) is 28.7 Å². The van der Waals surface area contributed by atoms with Crippen molar-refractivity contribution in [3.8, 4) is 0 Å². The number of carbonyl (C=O) groups is 1. The molecule has 0 aromatic carbocycles. The molecule has 1 amide bonds. The molecule has 0 aromatic rings. The summed E-state index contributed by atoms with van der Waals surface area (Å²) in [6.07, 6.45) is 6.63. The van der Waals surface area contributed by atoms with Gasteiger partial charge in [0.25, 0.3) is 0 Å². The molecule has 0 radical (unpaired) electrons. The molecule has 0 aromatic heterocycles. The Kier molecular flexibility index (Phi) is 4.63.